The first kappa shape index (κ1) is 18.3. The van der Waals surface area contributed by atoms with E-state index in [1.165, 1.54) is 12.8 Å². The maximum absolute atomic E-state index is 13.2. The summed E-state index contributed by atoms with van der Waals surface area (Å²) in [6.45, 7) is 7.28. The molecule has 2 fully saturated rings. The average molecular weight is 345 g/mol. The number of carbonyl (C=O) groups excluding carboxylic acids is 1. The Morgan fingerprint density at radius 1 is 1.40 bits per heavy atom. The molecule has 0 bridgehead atoms. The van der Waals surface area contributed by atoms with Crippen molar-refractivity contribution >= 4 is 5.91 Å². The van der Waals surface area contributed by atoms with Crippen molar-refractivity contribution in [2.75, 3.05) is 40.3 Å². The third-order valence-electron chi connectivity index (χ3n) is 5.97. The summed E-state index contributed by atoms with van der Waals surface area (Å²) in [5.74, 6) is 0.271. The molecule has 1 spiro atoms. The molecule has 1 aromatic heterocycles. The molecule has 3 heterocycles. The second-order valence-corrected chi connectivity index (χ2v) is 8.05. The fourth-order valence-electron chi connectivity index (χ4n) is 4.46. The van der Waals surface area contributed by atoms with E-state index in [-0.39, 0.29) is 11.9 Å². The van der Waals surface area contributed by atoms with Gasteiger partial charge in [-0.2, -0.15) is 0 Å². The highest BCUT2D eigenvalue weighted by Gasteiger charge is 2.47. The molecule has 0 aliphatic carbocycles. The number of pyridine rings is 1. The standard InChI is InChI=1S/C20H32N4O/c1-4-10-24-16-20(7-11-22(2)12-8-20)13-18(24)19(25)23(3)15-17-6-5-9-21-14-17/h5-6,9,14,18H,4,7-8,10-13,15-16H2,1-3H3. The Morgan fingerprint density at radius 2 is 2.16 bits per heavy atom. The lowest BCUT2D eigenvalue weighted by molar-refractivity contribution is -0.135. The number of hydrogen-bond acceptors (Lipinski definition) is 4. The van der Waals surface area contributed by atoms with Gasteiger partial charge in [0.15, 0.2) is 0 Å². The molecule has 0 radical (unpaired) electrons. The van der Waals surface area contributed by atoms with Crippen LogP contribution in [0.2, 0.25) is 0 Å². The molecular formula is C20H32N4O. The quantitative estimate of drug-likeness (QED) is 0.821. The Labute approximate surface area is 152 Å². The van der Waals surface area contributed by atoms with Crippen LogP contribution in [-0.2, 0) is 11.3 Å². The lowest BCUT2D eigenvalue weighted by Gasteiger charge is -2.37. The summed E-state index contributed by atoms with van der Waals surface area (Å²) < 4.78 is 0. The minimum absolute atomic E-state index is 0.0463. The van der Waals surface area contributed by atoms with Gasteiger partial charge in [-0.05, 0) is 69.4 Å². The summed E-state index contributed by atoms with van der Waals surface area (Å²) in [7, 11) is 4.13. The van der Waals surface area contributed by atoms with Gasteiger partial charge in [0.2, 0.25) is 5.91 Å². The number of nitrogens with zero attached hydrogens (tertiary/aromatic N) is 4. The van der Waals surface area contributed by atoms with E-state index in [1.807, 2.05) is 30.3 Å². The minimum atomic E-state index is 0.0463. The normalized spacial score (nSPS) is 23.9. The van der Waals surface area contributed by atoms with E-state index in [4.69, 9.17) is 0 Å². The van der Waals surface area contributed by atoms with Crippen LogP contribution in [0.25, 0.3) is 0 Å². The van der Waals surface area contributed by atoms with Gasteiger partial charge >= 0.3 is 0 Å². The van der Waals surface area contributed by atoms with Crippen LogP contribution in [0.15, 0.2) is 24.5 Å². The zero-order valence-electron chi connectivity index (χ0n) is 15.9. The van der Waals surface area contributed by atoms with Gasteiger partial charge in [0.25, 0.3) is 0 Å². The summed E-state index contributed by atoms with van der Waals surface area (Å²) in [5, 5.41) is 0. The predicted molar refractivity (Wildman–Crippen MR) is 100 cm³/mol. The topological polar surface area (TPSA) is 39.7 Å². The van der Waals surface area contributed by atoms with Crippen LogP contribution in [0, 0.1) is 5.41 Å². The summed E-state index contributed by atoms with van der Waals surface area (Å²) in [6.07, 6.45) is 8.19. The van der Waals surface area contributed by atoms with E-state index in [0.717, 1.165) is 44.6 Å². The first-order valence-corrected chi connectivity index (χ1v) is 9.59. The van der Waals surface area contributed by atoms with Crippen LogP contribution in [0.5, 0.6) is 0 Å². The van der Waals surface area contributed by atoms with Crippen LogP contribution < -0.4 is 0 Å². The number of likely N-dealkylation sites (tertiary alicyclic amines) is 2. The SMILES string of the molecule is CCCN1CC2(CCN(C)CC2)CC1C(=O)N(C)Cc1cccnc1. The first-order chi connectivity index (χ1) is 12.0. The Balaban J connectivity index is 1.68. The fourth-order valence-corrected chi connectivity index (χ4v) is 4.46. The van der Waals surface area contributed by atoms with Crippen LogP contribution in [-0.4, -0.2) is 71.9 Å². The minimum Gasteiger partial charge on any atom is -0.340 e. The summed E-state index contributed by atoms with van der Waals surface area (Å²) in [6, 6.07) is 4.01. The van der Waals surface area contributed by atoms with Gasteiger partial charge in [0.1, 0.15) is 0 Å². The van der Waals surface area contributed by atoms with Crippen LogP contribution in [0.1, 0.15) is 38.2 Å². The van der Waals surface area contributed by atoms with Gasteiger partial charge < -0.3 is 9.80 Å². The lowest BCUT2D eigenvalue weighted by atomic mass is 9.76. The van der Waals surface area contributed by atoms with Crippen LogP contribution in [0.3, 0.4) is 0 Å². The molecule has 1 aromatic rings. The molecule has 2 saturated heterocycles. The predicted octanol–water partition coefficient (Wildman–Crippen LogP) is 2.24. The Kier molecular flexibility index (Phi) is 5.74. The third-order valence-corrected chi connectivity index (χ3v) is 5.97. The highest BCUT2D eigenvalue weighted by atomic mass is 16.2. The van der Waals surface area contributed by atoms with Crippen molar-refractivity contribution in [1.82, 2.24) is 19.7 Å². The van der Waals surface area contributed by atoms with Crippen LogP contribution in [0.4, 0.5) is 0 Å². The van der Waals surface area contributed by atoms with Gasteiger partial charge in [-0.15, -0.1) is 0 Å². The molecule has 1 amide bonds. The molecule has 25 heavy (non-hydrogen) atoms. The zero-order valence-corrected chi connectivity index (χ0v) is 15.9. The molecule has 5 heteroatoms. The summed E-state index contributed by atoms with van der Waals surface area (Å²) >= 11 is 0. The number of rotatable bonds is 5. The molecule has 3 rings (SSSR count). The van der Waals surface area contributed by atoms with E-state index in [2.05, 4.69) is 28.8 Å². The fraction of sp³-hybridized carbons (Fsp3) is 0.700. The molecule has 1 unspecified atom stereocenters. The number of hydrogen-bond donors (Lipinski definition) is 0. The highest BCUT2D eigenvalue weighted by Crippen LogP contribution is 2.43. The molecule has 5 nitrogen and oxygen atoms in total. The van der Waals surface area contributed by atoms with E-state index in [9.17, 15) is 4.79 Å². The van der Waals surface area contributed by atoms with Crippen LogP contribution >= 0.6 is 0 Å². The van der Waals surface area contributed by atoms with Gasteiger partial charge in [-0.25, -0.2) is 0 Å². The Hall–Kier alpha value is -1.46. The van der Waals surface area contributed by atoms with Crippen molar-refractivity contribution in [2.24, 2.45) is 5.41 Å². The van der Waals surface area contributed by atoms with Crippen molar-refractivity contribution in [3.8, 4) is 0 Å². The maximum atomic E-state index is 13.2. The first-order valence-electron chi connectivity index (χ1n) is 9.59. The molecular weight excluding hydrogens is 312 g/mol. The summed E-state index contributed by atoms with van der Waals surface area (Å²) in [4.78, 5) is 24.1. The van der Waals surface area contributed by atoms with Crippen molar-refractivity contribution in [2.45, 2.75) is 45.2 Å². The van der Waals surface area contributed by atoms with Crippen molar-refractivity contribution in [3.05, 3.63) is 30.1 Å². The Bertz CT molecular complexity index is 568. The lowest BCUT2D eigenvalue weighted by Crippen LogP contribution is -2.44. The van der Waals surface area contributed by atoms with Gasteiger partial charge in [-0.1, -0.05) is 13.0 Å². The van der Waals surface area contributed by atoms with Crippen molar-refractivity contribution in [1.29, 1.82) is 0 Å². The van der Waals surface area contributed by atoms with Gasteiger partial charge in [0.05, 0.1) is 6.04 Å². The van der Waals surface area contributed by atoms with E-state index >= 15 is 0 Å². The number of piperidine rings is 1. The number of amides is 1. The number of aromatic nitrogens is 1. The average Bonchev–Trinajstić information content (AvgIpc) is 2.96. The maximum Gasteiger partial charge on any atom is 0.239 e. The van der Waals surface area contributed by atoms with E-state index in [1.54, 1.807) is 6.20 Å². The largest absolute Gasteiger partial charge is 0.340 e. The molecule has 0 saturated carbocycles. The van der Waals surface area contributed by atoms with Crippen molar-refractivity contribution < 1.29 is 4.79 Å². The third kappa shape index (κ3) is 4.21. The summed E-state index contributed by atoms with van der Waals surface area (Å²) in [5.41, 5.74) is 1.43. The van der Waals surface area contributed by atoms with Crippen molar-refractivity contribution in [3.63, 3.8) is 0 Å². The smallest absolute Gasteiger partial charge is 0.239 e. The molecule has 0 N–H and O–H groups in total. The Morgan fingerprint density at radius 3 is 2.80 bits per heavy atom. The number of carbonyl (C=O) groups is 1. The van der Waals surface area contributed by atoms with E-state index < -0.39 is 0 Å². The zero-order chi connectivity index (χ0) is 17.9. The number of likely N-dealkylation sites (N-methyl/N-ethyl adjacent to an activating group) is 1. The molecule has 0 aromatic carbocycles. The second kappa shape index (κ2) is 7.83. The monoisotopic (exact) mass is 344 g/mol. The highest BCUT2D eigenvalue weighted by molar-refractivity contribution is 5.82. The molecule has 138 valence electrons. The molecule has 2 aliphatic heterocycles. The molecule has 2 aliphatic rings. The van der Waals surface area contributed by atoms with Gasteiger partial charge in [0, 0.05) is 32.5 Å². The van der Waals surface area contributed by atoms with Gasteiger partial charge in [-0.3, -0.25) is 14.7 Å². The van der Waals surface area contributed by atoms with E-state index in [0.29, 0.717) is 12.0 Å². The second-order valence-electron chi connectivity index (χ2n) is 8.05. The molecule has 1 atom stereocenters.